The highest BCUT2D eigenvalue weighted by Crippen LogP contribution is 2.42. The Bertz CT molecular complexity index is 533. The Labute approximate surface area is 146 Å². The van der Waals surface area contributed by atoms with Crippen molar-refractivity contribution in [1.29, 1.82) is 0 Å². The Morgan fingerprint density at radius 2 is 1.75 bits per heavy atom. The zero-order valence-corrected chi connectivity index (χ0v) is 15.3. The van der Waals surface area contributed by atoms with E-state index in [1.807, 2.05) is 0 Å². The lowest BCUT2D eigenvalue weighted by Gasteiger charge is -2.34. The molecule has 1 aliphatic carbocycles. The van der Waals surface area contributed by atoms with Gasteiger partial charge in [-0.1, -0.05) is 26.0 Å². The number of anilines is 1. The lowest BCUT2D eigenvalue weighted by Crippen LogP contribution is -2.25. The Morgan fingerprint density at radius 3 is 2.38 bits per heavy atom. The molecule has 1 heterocycles. The van der Waals surface area contributed by atoms with Crippen LogP contribution in [0.15, 0.2) is 24.3 Å². The first-order chi connectivity index (χ1) is 11.5. The monoisotopic (exact) mass is 328 g/mol. The molecule has 1 aliphatic heterocycles. The number of nitrogens with one attached hydrogen (secondary N) is 1. The molecule has 1 saturated carbocycles. The quantitative estimate of drug-likeness (QED) is 0.842. The maximum absolute atomic E-state index is 12.1. The second-order valence-electron chi connectivity index (χ2n) is 8.41. The third-order valence-electron chi connectivity index (χ3n) is 5.86. The molecule has 1 amide bonds. The smallest absolute Gasteiger partial charge is 0.225 e. The zero-order chi connectivity index (χ0) is 17.0. The second kappa shape index (κ2) is 7.69. The molecule has 2 fully saturated rings. The highest BCUT2D eigenvalue weighted by molar-refractivity contribution is 5.90. The molecule has 0 atom stereocenters. The molecule has 2 aliphatic rings. The number of carbonyl (C=O) groups is 1. The standard InChI is InChI=1S/C21H32N2O/c1-21(2)12-9-18(10-13-21)17-5-7-19(8-6-17)22-20(24)11-16-23-14-3-4-15-23/h5-8,18H,3-4,9-16H2,1-2H3,(H,22,24). The van der Waals surface area contributed by atoms with Gasteiger partial charge in [0.05, 0.1) is 0 Å². The molecule has 3 rings (SSSR count). The number of hydrogen-bond acceptors (Lipinski definition) is 2. The van der Waals surface area contributed by atoms with Gasteiger partial charge in [0.25, 0.3) is 0 Å². The van der Waals surface area contributed by atoms with Crippen molar-refractivity contribution in [1.82, 2.24) is 4.90 Å². The van der Waals surface area contributed by atoms with E-state index in [4.69, 9.17) is 0 Å². The SMILES string of the molecule is CC1(C)CCC(c2ccc(NC(=O)CCN3CCCC3)cc2)CC1. The maximum atomic E-state index is 12.1. The van der Waals surface area contributed by atoms with E-state index in [0.29, 0.717) is 17.8 Å². The van der Waals surface area contributed by atoms with Gasteiger partial charge in [0.1, 0.15) is 0 Å². The molecule has 3 heteroatoms. The summed E-state index contributed by atoms with van der Waals surface area (Å²) in [5.74, 6) is 0.826. The van der Waals surface area contributed by atoms with Gasteiger partial charge in [0.15, 0.2) is 0 Å². The van der Waals surface area contributed by atoms with Gasteiger partial charge in [-0.3, -0.25) is 4.79 Å². The van der Waals surface area contributed by atoms with E-state index < -0.39 is 0 Å². The average Bonchev–Trinajstić information content (AvgIpc) is 3.07. The lowest BCUT2D eigenvalue weighted by molar-refractivity contribution is -0.116. The van der Waals surface area contributed by atoms with E-state index in [2.05, 4.69) is 48.3 Å². The summed E-state index contributed by atoms with van der Waals surface area (Å²) in [5.41, 5.74) is 2.88. The van der Waals surface area contributed by atoms with Gasteiger partial charge in [0, 0.05) is 18.7 Å². The topological polar surface area (TPSA) is 32.3 Å². The fourth-order valence-electron chi connectivity index (χ4n) is 4.06. The largest absolute Gasteiger partial charge is 0.326 e. The normalized spacial score (nSPS) is 21.8. The van der Waals surface area contributed by atoms with E-state index >= 15 is 0 Å². The number of nitrogens with zero attached hydrogens (tertiary/aromatic N) is 1. The number of rotatable bonds is 5. The number of benzene rings is 1. The van der Waals surface area contributed by atoms with E-state index in [1.165, 1.54) is 44.1 Å². The summed E-state index contributed by atoms with van der Waals surface area (Å²) in [4.78, 5) is 14.5. The van der Waals surface area contributed by atoms with E-state index in [1.54, 1.807) is 0 Å². The molecule has 0 bridgehead atoms. The molecule has 1 aromatic rings. The van der Waals surface area contributed by atoms with Gasteiger partial charge in [-0.15, -0.1) is 0 Å². The van der Waals surface area contributed by atoms with Crippen LogP contribution < -0.4 is 5.32 Å². The first-order valence-corrected chi connectivity index (χ1v) is 9.64. The van der Waals surface area contributed by atoms with Crippen LogP contribution in [0.25, 0.3) is 0 Å². The Hall–Kier alpha value is -1.35. The minimum absolute atomic E-state index is 0.133. The van der Waals surface area contributed by atoms with Crippen LogP contribution >= 0.6 is 0 Å². The van der Waals surface area contributed by atoms with Gasteiger partial charge in [-0.05, 0) is 80.6 Å². The first-order valence-electron chi connectivity index (χ1n) is 9.64. The molecule has 0 spiro atoms. The number of carbonyl (C=O) groups excluding carboxylic acids is 1. The summed E-state index contributed by atoms with van der Waals surface area (Å²) in [6, 6.07) is 8.56. The highest BCUT2D eigenvalue weighted by Gasteiger charge is 2.27. The summed E-state index contributed by atoms with van der Waals surface area (Å²) >= 11 is 0. The third kappa shape index (κ3) is 4.83. The molecule has 3 nitrogen and oxygen atoms in total. The fraction of sp³-hybridized carbons (Fsp3) is 0.667. The minimum atomic E-state index is 0.133. The van der Waals surface area contributed by atoms with Gasteiger partial charge in [-0.2, -0.15) is 0 Å². The van der Waals surface area contributed by atoms with Crippen molar-refractivity contribution in [2.24, 2.45) is 5.41 Å². The third-order valence-corrected chi connectivity index (χ3v) is 5.86. The Kier molecular flexibility index (Phi) is 5.60. The first kappa shape index (κ1) is 17.5. The van der Waals surface area contributed by atoms with E-state index in [9.17, 15) is 4.79 Å². The zero-order valence-electron chi connectivity index (χ0n) is 15.3. The van der Waals surface area contributed by atoms with Crippen LogP contribution in [-0.2, 0) is 4.79 Å². The molecule has 0 radical (unpaired) electrons. The number of hydrogen-bond donors (Lipinski definition) is 1. The van der Waals surface area contributed by atoms with Gasteiger partial charge < -0.3 is 10.2 Å². The van der Waals surface area contributed by atoms with Crippen LogP contribution in [0.1, 0.15) is 70.3 Å². The molecule has 1 saturated heterocycles. The number of amides is 1. The predicted molar refractivity (Wildman–Crippen MR) is 100 cm³/mol. The van der Waals surface area contributed by atoms with Crippen molar-refractivity contribution in [3.8, 4) is 0 Å². The Balaban J connectivity index is 1.46. The molecule has 1 aromatic carbocycles. The van der Waals surface area contributed by atoms with E-state index in [-0.39, 0.29) is 5.91 Å². The molecular formula is C21H32N2O. The summed E-state index contributed by atoms with van der Waals surface area (Å²) in [6.07, 6.45) is 8.35. The van der Waals surface area contributed by atoms with Gasteiger partial charge in [0.2, 0.25) is 5.91 Å². The summed E-state index contributed by atoms with van der Waals surface area (Å²) < 4.78 is 0. The lowest BCUT2D eigenvalue weighted by atomic mass is 9.71. The van der Waals surface area contributed by atoms with Crippen LogP contribution in [-0.4, -0.2) is 30.4 Å². The van der Waals surface area contributed by atoms with Crippen molar-refractivity contribution in [3.63, 3.8) is 0 Å². The minimum Gasteiger partial charge on any atom is -0.326 e. The molecule has 1 N–H and O–H groups in total. The van der Waals surface area contributed by atoms with Crippen LogP contribution in [0.2, 0.25) is 0 Å². The molecule has 0 unspecified atom stereocenters. The maximum Gasteiger partial charge on any atom is 0.225 e. The van der Waals surface area contributed by atoms with Crippen LogP contribution in [0, 0.1) is 5.41 Å². The highest BCUT2D eigenvalue weighted by atomic mass is 16.1. The fourth-order valence-corrected chi connectivity index (χ4v) is 4.06. The van der Waals surface area contributed by atoms with Crippen LogP contribution in [0.4, 0.5) is 5.69 Å². The van der Waals surface area contributed by atoms with Gasteiger partial charge >= 0.3 is 0 Å². The number of likely N-dealkylation sites (tertiary alicyclic amines) is 1. The van der Waals surface area contributed by atoms with Crippen molar-refractivity contribution in [2.75, 3.05) is 25.0 Å². The van der Waals surface area contributed by atoms with Crippen molar-refractivity contribution in [3.05, 3.63) is 29.8 Å². The molecule has 0 aromatic heterocycles. The van der Waals surface area contributed by atoms with Crippen molar-refractivity contribution in [2.45, 2.75) is 64.7 Å². The molecular weight excluding hydrogens is 296 g/mol. The summed E-state index contributed by atoms with van der Waals surface area (Å²) in [7, 11) is 0. The molecule has 132 valence electrons. The summed E-state index contributed by atoms with van der Waals surface area (Å²) in [5, 5.41) is 3.04. The molecule has 24 heavy (non-hydrogen) atoms. The Morgan fingerprint density at radius 1 is 1.12 bits per heavy atom. The van der Waals surface area contributed by atoms with E-state index in [0.717, 1.165) is 25.3 Å². The van der Waals surface area contributed by atoms with Crippen molar-refractivity contribution < 1.29 is 4.79 Å². The van der Waals surface area contributed by atoms with Crippen molar-refractivity contribution >= 4 is 11.6 Å². The average molecular weight is 329 g/mol. The van der Waals surface area contributed by atoms with Crippen LogP contribution in [0.5, 0.6) is 0 Å². The summed E-state index contributed by atoms with van der Waals surface area (Å²) in [6.45, 7) is 7.95. The van der Waals surface area contributed by atoms with Gasteiger partial charge in [-0.25, -0.2) is 0 Å². The predicted octanol–water partition coefficient (Wildman–Crippen LogP) is 4.79. The second-order valence-corrected chi connectivity index (χ2v) is 8.41. The van der Waals surface area contributed by atoms with Crippen LogP contribution in [0.3, 0.4) is 0 Å².